The Labute approximate surface area is 287 Å². The van der Waals surface area contributed by atoms with Crippen LogP contribution in [0.1, 0.15) is 0 Å². The van der Waals surface area contributed by atoms with Crippen LogP contribution in [0.15, 0.2) is 200 Å². The van der Waals surface area contributed by atoms with E-state index in [2.05, 4.69) is 205 Å². The van der Waals surface area contributed by atoms with Crippen LogP contribution in [0.3, 0.4) is 0 Å². The SMILES string of the molecule is c1ccc(-c2cccc(N(c3ccc(-c4ccc5ccccc5c4)cc3)c3ccc(-c4cc5ccccc5c5ccccc45)cc3)c2)cc1. The first kappa shape index (κ1) is 28.8. The zero-order chi connectivity index (χ0) is 32.6. The van der Waals surface area contributed by atoms with Gasteiger partial charge in [0.2, 0.25) is 0 Å². The minimum atomic E-state index is 1.11. The third kappa shape index (κ3) is 5.42. The van der Waals surface area contributed by atoms with Crippen molar-refractivity contribution in [1.82, 2.24) is 0 Å². The van der Waals surface area contributed by atoms with Crippen molar-refractivity contribution >= 4 is 49.4 Å². The van der Waals surface area contributed by atoms with E-state index in [4.69, 9.17) is 0 Å². The Morgan fingerprint density at radius 3 is 1.53 bits per heavy atom. The molecule has 49 heavy (non-hydrogen) atoms. The van der Waals surface area contributed by atoms with E-state index >= 15 is 0 Å². The fourth-order valence-electron chi connectivity index (χ4n) is 7.16. The predicted octanol–water partition coefficient (Wildman–Crippen LogP) is 13.6. The smallest absolute Gasteiger partial charge is 0.0467 e. The first-order chi connectivity index (χ1) is 24.3. The molecule has 0 unspecified atom stereocenters. The predicted molar refractivity (Wildman–Crippen MR) is 210 cm³/mol. The third-order valence-corrected chi connectivity index (χ3v) is 9.62. The van der Waals surface area contributed by atoms with Gasteiger partial charge in [0, 0.05) is 17.1 Å². The minimum absolute atomic E-state index is 1.11. The standard InChI is InChI=1S/C48H33N/c1-2-11-34(12-3-1)39-16-10-17-44(32-39)49(42-27-23-36(24-28-42)40-22-21-35-13-4-5-14-38(35)31-40)43-29-25-37(26-30-43)48-33-41-15-6-7-18-45(41)46-19-8-9-20-47(46)48/h1-33H. The summed E-state index contributed by atoms with van der Waals surface area (Å²) in [6.07, 6.45) is 0. The lowest BCUT2D eigenvalue weighted by atomic mass is 9.93. The summed E-state index contributed by atoms with van der Waals surface area (Å²) in [4.78, 5) is 2.36. The summed E-state index contributed by atoms with van der Waals surface area (Å²) < 4.78 is 0. The molecule has 1 heteroatoms. The minimum Gasteiger partial charge on any atom is -0.310 e. The summed E-state index contributed by atoms with van der Waals surface area (Å²) in [5, 5.41) is 7.60. The van der Waals surface area contributed by atoms with Crippen LogP contribution in [0.4, 0.5) is 17.1 Å². The lowest BCUT2D eigenvalue weighted by Crippen LogP contribution is -2.10. The van der Waals surface area contributed by atoms with Crippen LogP contribution < -0.4 is 4.90 Å². The lowest BCUT2D eigenvalue weighted by Gasteiger charge is -2.26. The zero-order valence-corrected chi connectivity index (χ0v) is 27.0. The van der Waals surface area contributed by atoms with E-state index in [1.54, 1.807) is 0 Å². The van der Waals surface area contributed by atoms with Crippen LogP contribution in [0.5, 0.6) is 0 Å². The molecule has 0 aliphatic carbocycles. The molecule has 0 aliphatic rings. The van der Waals surface area contributed by atoms with E-state index in [0.717, 1.165) is 17.1 Å². The third-order valence-electron chi connectivity index (χ3n) is 9.62. The van der Waals surface area contributed by atoms with Crippen LogP contribution >= 0.6 is 0 Å². The lowest BCUT2D eigenvalue weighted by molar-refractivity contribution is 1.28. The van der Waals surface area contributed by atoms with Gasteiger partial charge in [0.25, 0.3) is 0 Å². The molecular weight excluding hydrogens is 591 g/mol. The number of benzene rings is 9. The molecule has 0 radical (unpaired) electrons. The normalized spacial score (nSPS) is 11.3. The van der Waals surface area contributed by atoms with Gasteiger partial charge in [-0.3, -0.25) is 0 Å². The molecule has 230 valence electrons. The molecule has 0 N–H and O–H groups in total. The number of anilines is 3. The van der Waals surface area contributed by atoms with Crippen molar-refractivity contribution < 1.29 is 0 Å². The van der Waals surface area contributed by atoms with E-state index in [1.807, 2.05) is 0 Å². The molecule has 0 aliphatic heterocycles. The van der Waals surface area contributed by atoms with Crippen molar-refractivity contribution in [3.63, 3.8) is 0 Å². The van der Waals surface area contributed by atoms with Gasteiger partial charge in [0.1, 0.15) is 0 Å². The Kier molecular flexibility index (Phi) is 7.22. The number of hydrogen-bond acceptors (Lipinski definition) is 1. The molecule has 9 aromatic carbocycles. The average molecular weight is 624 g/mol. The summed E-state index contributed by atoms with van der Waals surface area (Å²) in [5.41, 5.74) is 10.6. The van der Waals surface area contributed by atoms with Crippen molar-refractivity contribution in [3.05, 3.63) is 200 Å². The van der Waals surface area contributed by atoms with Crippen molar-refractivity contribution in [2.75, 3.05) is 4.90 Å². The summed E-state index contributed by atoms with van der Waals surface area (Å²) in [5.74, 6) is 0. The molecule has 0 aromatic heterocycles. The number of fused-ring (bicyclic) bond motifs is 4. The highest BCUT2D eigenvalue weighted by Gasteiger charge is 2.15. The molecule has 0 saturated heterocycles. The Bertz CT molecular complexity index is 2580. The number of rotatable bonds is 6. The van der Waals surface area contributed by atoms with E-state index in [-0.39, 0.29) is 0 Å². The quantitative estimate of drug-likeness (QED) is 0.167. The van der Waals surface area contributed by atoms with Crippen molar-refractivity contribution in [2.24, 2.45) is 0 Å². The fourth-order valence-corrected chi connectivity index (χ4v) is 7.16. The van der Waals surface area contributed by atoms with Gasteiger partial charge < -0.3 is 4.90 Å². The first-order valence-corrected chi connectivity index (χ1v) is 16.8. The molecule has 0 spiro atoms. The highest BCUT2D eigenvalue weighted by molar-refractivity contribution is 6.13. The summed E-state index contributed by atoms with van der Waals surface area (Å²) in [6, 6.07) is 72.4. The van der Waals surface area contributed by atoms with Crippen LogP contribution in [-0.2, 0) is 0 Å². The monoisotopic (exact) mass is 623 g/mol. The van der Waals surface area contributed by atoms with Gasteiger partial charge in [0.15, 0.2) is 0 Å². The van der Waals surface area contributed by atoms with Crippen LogP contribution in [0, 0.1) is 0 Å². The van der Waals surface area contributed by atoms with Crippen molar-refractivity contribution in [1.29, 1.82) is 0 Å². The molecule has 0 bridgehead atoms. The van der Waals surface area contributed by atoms with E-state index in [0.29, 0.717) is 0 Å². The Balaban J connectivity index is 1.14. The van der Waals surface area contributed by atoms with Gasteiger partial charge >= 0.3 is 0 Å². The first-order valence-electron chi connectivity index (χ1n) is 16.8. The molecule has 0 amide bonds. The van der Waals surface area contributed by atoms with Gasteiger partial charge in [-0.1, -0.05) is 152 Å². The van der Waals surface area contributed by atoms with Gasteiger partial charge in [-0.2, -0.15) is 0 Å². The average Bonchev–Trinajstić information content (AvgIpc) is 3.18. The van der Waals surface area contributed by atoms with Gasteiger partial charge in [-0.15, -0.1) is 0 Å². The van der Waals surface area contributed by atoms with Crippen molar-refractivity contribution in [2.45, 2.75) is 0 Å². The topological polar surface area (TPSA) is 3.24 Å². The Morgan fingerprint density at radius 2 is 0.776 bits per heavy atom. The van der Waals surface area contributed by atoms with E-state index in [9.17, 15) is 0 Å². The second-order valence-corrected chi connectivity index (χ2v) is 12.6. The molecule has 9 aromatic rings. The zero-order valence-electron chi connectivity index (χ0n) is 27.0. The largest absolute Gasteiger partial charge is 0.310 e. The Hall–Kier alpha value is -6.44. The molecular formula is C48H33N. The van der Waals surface area contributed by atoms with Crippen LogP contribution in [0.2, 0.25) is 0 Å². The summed E-state index contributed by atoms with van der Waals surface area (Å²) in [7, 11) is 0. The molecule has 0 saturated carbocycles. The summed E-state index contributed by atoms with van der Waals surface area (Å²) >= 11 is 0. The molecule has 0 atom stereocenters. The molecule has 0 fully saturated rings. The molecule has 9 rings (SSSR count). The van der Waals surface area contributed by atoms with E-state index < -0.39 is 0 Å². The molecule has 1 nitrogen and oxygen atoms in total. The molecule has 0 heterocycles. The Morgan fingerprint density at radius 1 is 0.245 bits per heavy atom. The second kappa shape index (κ2) is 12.3. The number of nitrogens with zero attached hydrogens (tertiary/aromatic N) is 1. The maximum absolute atomic E-state index is 2.36. The van der Waals surface area contributed by atoms with Gasteiger partial charge in [-0.25, -0.2) is 0 Å². The summed E-state index contributed by atoms with van der Waals surface area (Å²) in [6.45, 7) is 0. The van der Waals surface area contributed by atoms with Gasteiger partial charge in [0.05, 0.1) is 0 Å². The number of hydrogen-bond donors (Lipinski definition) is 0. The van der Waals surface area contributed by atoms with Crippen molar-refractivity contribution in [3.8, 4) is 33.4 Å². The fraction of sp³-hybridized carbons (Fsp3) is 0. The van der Waals surface area contributed by atoms with Gasteiger partial charge in [-0.05, 0) is 114 Å². The highest BCUT2D eigenvalue weighted by Crippen LogP contribution is 2.40. The van der Waals surface area contributed by atoms with Crippen LogP contribution in [0.25, 0.3) is 65.7 Å². The van der Waals surface area contributed by atoms with E-state index in [1.165, 1.54) is 65.7 Å². The van der Waals surface area contributed by atoms with Crippen LogP contribution in [-0.4, -0.2) is 0 Å². The highest BCUT2D eigenvalue weighted by atomic mass is 15.1. The second-order valence-electron chi connectivity index (χ2n) is 12.6. The maximum atomic E-state index is 2.36. The maximum Gasteiger partial charge on any atom is 0.0467 e.